The molecule has 1 amide bonds. The number of imidazole rings is 1. The molecule has 3 aromatic carbocycles. The van der Waals surface area contributed by atoms with Crippen LogP contribution in [0.2, 0.25) is 10.0 Å². The molecule has 4 rings (SSSR count). The fourth-order valence-corrected chi connectivity index (χ4v) is 5.09. The van der Waals surface area contributed by atoms with Crippen LogP contribution in [-0.4, -0.2) is 36.6 Å². The molecule has 0 aliphatic rings. The van der Waals surface area contributed by atoms with Gasteiger partial charge in [-0.15, -0.1) is 0 Å². The SMILES string of the molecule is O=C(NCCCc1nc2ccccc2[nH]1)c1ccc(NS(=O)(=O)CCc2cccc(Cl)c2Cl)cc1. The predicted octanol–water partition coefficient (Wildman–Crippen LogP) is 5.22. The summed E-state index contributed by atoms with van der Waals surface area (Å²) in [6, 6.07) is 19.3. The van der Waals surface area contributed by atoms with Crippen molar-refractivity contribution in [2.75, 3.05) is 17.0 Å². The zero-order valence-electron chi connectivity index (χ0n) is 18.7. The molecule has 1 aromatic heterocycles. The van der Waals surface area contributed by atoms with Crippen molar-refractivity contribution in [3.8, 4) is 0 Å². The Kier molecular flexibility index (Phi) is 7.95. The average molecular weight is 531 g/mol. The van der Waals surface area contributed by atoms with Gasteiger partial charge in [0.25, 0.3) is 5.91 Å². The monoisotopic (exact) mass is 530 g/mol. The second kappa shape index (κ2) is 11.1. The minimum absolute atomic E-state index is 0.152. The third-order valence-electron chi connectivity index (χ3n) is 5.41. The van der Waals surface area contributed by atoms with Crippen LogP contribution in [0.3, 0.4) is 0 Å². The number of carbonyl (C=O) groups excluding carboxylic acids is 1. The lowest BCUT2D eigenvalue weighted by molar-refractivity contribution is 0.0953. The molecule has 10 heteroatoms. The Morgan fingerprint density at radius 2 is 1.71 bits per heavy atom. The van der Waals surface area contributed by atoms with Crippen molar-refractivity contribution in [1.82, 2.24) is 15.3 Å². The van der Waals surface area contributed by atoms with Crippen molar-refractivity contribution < 1.29 is 13.2 Å². The average Bonchev–Trinajstić information content (AvgIpc) is 3.26. The lowest BCUT2D eigenvalue weighted by Crippen LogP contribution is -2.25. The summed E-state index contributed by atoms with van der Waals surface area (Å²) < 4.78 is 27.4. The van der Waals surface area contributed by atoms with Crippen molar-refractivity contribution in [1.29, 1.82) is 0 Å². The molecule has 0 aliphatic heterocycles. The third kappa shape index (κ3) is 6.75. The summed E-state index contributed by atoms with van der Waals surface area (Å²) in [5.74, 6) is 0.509. The molecule has 35 heavy (non-hydrogen) atoms. The van der Waals surface area contributed by atoms with Crippen molar-refractivity contribution >= 4 is 55.9 Å². The van der Waals surface area contributed by atoms with E-state index in [-0.39, 0.29) is 18.1 Å². The maximum Gasteiger partial charge on any atom is 0.251 e. The van der Waals surface area contributed by atoms with Gasteiger partial charge in [-0.1, -0.05) is 47.5 Å². The Morgan fingerprint density at radius 3 is 2.49 bits per heavy atom. The standard InChI is InChI=1S/C25H24Cl2N4O3S/c26-20-6-3-5-17(24(20)27)14-16-35(33,34)31-19-12-10-18(11-13-19)25(32)28-15-4-9-23-29-21-7-1-2-8-22(21)30-23/h1-3,5-8,10-13,31H,4,9,14-16H2,(H,28,32)(H,29,30). The number of aromatic nitrogens is 2. The smallest absolute Gasteiger partial charge is 0.251 e. The summed E-state index contributed by atoms with van der Waals surface area (Å²) >= 11 is 12.1. The van der Waals surface area contributed by atoms with Gasteiger partial charge < -0.3 is 10.3 Å². The van der Waals surface area contributed by atoms with E-state index in [4.69, 9.17) is 23.2 Å². The summed E-state index contributed by atoms with van der Waals surface area (Å²) in [6.45, 7) is 0.496. The van der Waals surface area contributed by atoms with E-state index in [1.54, 1.807) is 42.5 Å². The Bertz CT molecular complexity index is 1400. The molecule has 182 valence electrons. The van der Waals surface area contributed by atoms with Crippen LogP contribution in [0, 0.1) is 0 Å². The zero-order valence-corrected chi connectivity index (χ0v) is 21.1. The van der Waals surface area contributed by atoms with Crippen molar-refractivity contribution in [2.45, 2.75) is 19.3 Å². The summed E-state index contributed by atoms with van der Waals surface area (Å²) in [4.78, 5) is 20.2. The number of amides is 1. The molecule has 0 fully saturated rings. The highest BCUT2D eigenvalue weighted by Gasteiger charge is 2.14. The number of nitrogens with zero attached hydrogens (tertiary/aromatic N) is 1. The second-order valence-electron chi connectivity index (χ2n) is 8.02. The molecular weight excluding hydrogens is 507 g/mol. The van der Waals surface area contributed by atoms with E-state index in [9.17, 15) is 13.2 Å². The van der Waals surface area contributed by atoms with Crippen LogP contribution in [0.4, 0.5) is 5.69 Å². The van der Waals surface area contributed by atoms with Crippen molar-refractivity contribution in [2.24, 2.45) is 0 Å². The molecule has 0 atom stereocenters. The number of aromatic amines is 1. The molecule has 0 bridgehead atoms. The number of nitrogens with one attached hydrogen (secondary N) is 3. The van der Waals surface area contributed by atoms with Gasteiger partial charge in [0.2, 0.25) is 10.0 Å². The van der Waals surface area contributed by atoms with E-state index in [2.05, 4.69) is 20.0 Å². The fraction of sp³-hybridized carbons (Fsp3) is 0.200. The van der Waals surface area contributed by atoms with Gasteiger partial charge in [-0.2, -0.15) is 0 Å². The minimum atomic E-state index is -3.61. The van der Waals surface area contributed by atoms with E-state index in [0.717, 1.165) is 29.7 Å². The number of fused-ring (bicyclic) bond motifs is 1. The molecule has 0 saturated carbocycles. The van der Waals surface area contributed by atoms with Gasteiger partial charge in [0.05, 0.1) is 26.8 Å². The summed E-state index contributed by atoms with van der Waals surface area (Å²) in [6.07, 6.45) is 1.68. The molecule has 0 radical (unpaired) electrons. The third-order valence-corrected chi connectivity index (χ3v) is 7.55. The van der Waals surface area contributed by atoms with E-state index in [1.807, 2.05) is 24.3 Å². The Labute approximate surface area is 213 Å². The van der Waals surface area contributed by atoms with Gasteiger partial charge in [0, 0.05) is 24.2 Å². The van der Waals surface area contributed by atoms with Crippen LogP contribution in [0.15, 0.2) is 66.7 Å². The molecule has 0 unspecified atom stereocenters. The first-order chi connectivity index (χ1) is 16.8. The number of hydrogen-bond donors (Lipinski definition) is 3. The first kappa shape index (κ1) is 25.0. The van der Waals surface area contributed by atoms with E-state index in [0.29, 0.717) is 33.4 Å². The van der Waals surface area contributed by atoms with Crippen molar-refractivity contribution in [3.63, 3.8) is 0 Å². The molecule has 1 heterocycles. The molecule has 0 spiro atoms. The van der Waals surface area contributed by atoms with Crippen molar-refractivity contribution in [3.05, 3.63) is 93.7 Å². The molecule has 7 nitrogen and oxygen atoms in total. The number of sulfonamides is 1. The second-order valence-corrected chi connectivity index (χ2v) is 10.6. The summed E-state index contributed by atoms with van der Waals surface area (Å²) in [7, 11) is -3.61. The molecule has 0 aliphatic carbocycles. The predicted molar refractivity (Wildman–Crippen MR) is 141 cm³/mol. The van der Waals surface area contributed by atoms with Gasteiger partial charge in [-0.05, 0) is 60.9 Å². The maximum absolute atomic E-state index is 12.5. The van der Waals surface area contributed by atoms with Gasteiger partial charge in [-0.3, -0.25) is 9.52 Å². The van der Waals surface area contributed by atoms with Gasteiger partial charge >= 0.3 is 0 Å². The lowest BCUT2D eigenvalue weighted by atomic mass is 10.2. The maximum atomic E-state index is 12.5. The molecule has 0 saturated heterocycles. The summed E-state index contributed by atoms with van der Waals surface area (Å²) in [5.41, 5.74) is 3.41. The molecule has 3 N–H and O–H groups in total. The minimum Gasteiger partial charge on any atom is -0.352 e. The molecule has 4 aromatic rings. The highest BCUT2D eigenvalue weighted by atomic mass is 35.5. The highest BCUT2D eigenvalue weighted by Crippen LogP contribution is 2.26. The van der Waals surface area contributed by atoms with Crippen LogP contribution in [-0.2, 0) is 22.9 Å². The van der Waals surface area contributed by atoms with Crippen LogP contribution in [0.5, 0.6) is 0 Å². The Morgan fingerprint density at radius 1 is 0.943 bits per heavy atom. The number of carbonyl (C=O) groups is 1. The summed E-state index contributed by atoms with van der Waals surface area (Å²) in [5, 5.41) is 3.62. The van der Waals surface area contributed by atoms with Gasteiger partial charge in [0.1, 0.15) is 5.82 Å². The van der Waals surface area contributed by atoms with Crippen LogP contribution < -0.4 is 10.0 Å². The number of rotatable bonds is 10. The normalized spacial score (nSPS) is 11.5. The number of anilines is 1. The highest BCUT2D eigenvalue weighted by molar-refractivity contribution is 7.92. The van der Waals surface area contributed by atoms with Crippen LogP contribution in [0.25, 0.3) is 11.0 Å². The molecular formula is C25H24Cl2N4O3S. The number of hydrogen-bond acceptors (Lipinski definition) is 4. The Balaban J connectivity index is 1.24. The Hall–Kier alpha value is -3.07. The largest absolute Gasteiger partial charge is 0.352 e. The lowest BCUT2D eigenvalue weighted by Gasteiger charge is -2.10. The van der Waals surface area contributed by atoms with Crippen LogP contribution in [0.1, 0.15) is 28.2 Å². The first-order valence-corrected chi connectivity index (χ1v) is 13.5. The zero-order chi connectivity index (χ0) is 24.8. The number of halogens is 2. The van der Waals surface area contributed by atoms with E-state index >= 15 is 0 Å². The van der Waals surface area contributed by atoms with E-state index in [1.165, 1.54) is 0 Å². The topological polar surface area (TPSA) is 104 Å². The number of benzene rings is 3. The van der Waals surface area contributed by atoms with Gasteiger partial charge in [0.15, 0.2) is 0 Å². The fourth-order valence-electron chi connectivity index (χ4n) is 3.59. The first-order valence-electron chi connectivity index (χ1n) is 11.1. The van der Waals surface area contributed by atoms with Gasteiger partial charge in [-0.25, -0.2) is 13.4 Å². The van der Waals surface area contributed by atoms with E-state index < -0.39 is 10.0 Å². The quantitative estimate of drug-likeness (QED) is 0.244. The number of aryl methyl sites for hydroxylation is 2. The number of para-hydroxylation sites is 2. The number of H-pyrrole nitrogens is 1. The van der Waals surface area contributed by atoms with Crippen LogP contribution >= 0.6 is 23.2 Å².